The molecule has 0 heterocycles. The molecule has 0 spiro atoms. The van der Waals surface area contributed by atoms with E-state index < -0.39 is 0 Å². The van der Waals surface area contributed by atoms with Crippen LogP contribution in [0.5, 0.6) is 0 Å². The van der Waals surface area contributed by atoms with E-state index in [0.29, 0.717) is 0 Å². The van der Waals surface area contributed by atoms with Gasteiger partial charge in [-0.1, -0.05) is 0 Å². The van der Waals surface area contributed by atoms with Crippen molar-refractivity contribution in [2.45, 2.75) is 12.8 Å². The van der Waals surface area contributed by atoms with Gasteiger partial charge in [0.2, 0.25) is 12.8 Å². The molecule has 6 nitrogen and oxygen atoms in total. The Morgan fingerprint density at radius 3 is 1.44 bits per heavy atom. The smallest absolute Gasteiger partial charge is 0.207 e. The molecule has 16 heavy (non-hydrogen) atoms. The molecule has 0 bridgehead atoms. The maximum Gasteiger partial charge on any atom is 0.207 e. The molecule has 0 atom stereocenters. The summed E-state index contributed by atoms with van der Waals surface area (Å²) in [5, 5.41) is 11.7. The van der Waals surface area contributed by atoms with E-state index in [4.69, 9.17) is 0 Å². The molecule has 0 aliphatic heterocycles. The molecule has 4 N–H and O–H groups in total. The molecule has 0 aromatic rings. The first-order chi connectivity index (χ1) is 7.91. The minimum atomic E-state index is 0.717. The number of hydrogen-bond donors (Lipinski definition) is 4. The molecular formula is C10H22N4O2. The number of carbonyl (C=O) groups is 2. The number of carbonyl (C=O) groups excluding carboxylic acids is 2. The van der Waals surface area contributed by atoms with E-state index in [1.165, 1.54) is 0 Å². The van der Waals surface area contributed by atoms with Crippen LogP contribution in [0.4, 0.5) is 0 Å². The highest BCUT2D eigenvalue weighted by molar-refractivity contribution is 5.45. The maximum atomic E-state index is 9.92. The zero-order valence-corrected chi connectivity index (χ0v) is 9.63. The molecule has 0 aliphatic carbocycles. The van der Waals surface area contributed by atoms with Crippen LogP contribution in [0.25, 0.3) is 0 Å². The Labute approximate surface area is 96.5 Å². The summed E-state index contributed by atoms with van der Waals surface area (Å²) in [6.07, 6.45) is 3.33. The molecule has 0 aromatic heterocycles. The van der Waals surface area contributed by atoms with Crippen molar-refractivity contribution in [1.82, 2.24) is 21.3 Å². The Balaban J connectivity index is 2.87. The Hall–Kier alpha value is -1.14. The highest BCUT2D eigenvalue weighted by Crippen LogP contribution is 1.73. The van der Waals surface area contributed by atoms with Gasteiger partial charge in [0.25, 0.3) is 0 Å². The topological polar surface area (TPSA) is 82.3 Å². The number of nitrogens with one attached hydrogen (secondary N) is 4. The zero-order valence-electron chi connectivity index (χ0n) is 9.63. The van der Waals surface area contributed by atoms with E-state index in [0.717, 1.165) is 64.9 Å². The predicted octanol–water partition coefficient (Wildman–Crippen LogP) is -1.56. The first kappa shape index (κ1) is 14.9. The second-order valence-corrected chi connectivity index (χ2v) is 3.35. The van der Waals surface area contributed by atoms with Crippen LogP contribution >= 0.6 is 0 Å². The van der Waals surface area contributed by atoms with Gasteiger partial charge in [0.1, 0.15) is 0 Å². The lowest BCUT2D eigenvalue weighted by atomic mass is 10.4. The largest absolute Gasteiger partial charge is 0.359 e. The summed E-state index contributed by atoms with van der Waals surface area (Å²) < 4.78 is 0. The summed E-state index contributed by atoms with van der Waals surface area (Å²) in [5.74, 6) is 0. The Morgan fingerprint density at radius 1 is 0.625 bits per heavy atom. The van der Waals surface area contributed by atoms with Gasteiger partial charge >= 0.3 is 0 Å². The van der Waals surface area contributed by atoms with Crippen molar-refractivity contribution in [2.75, 3.05) is 39.3 Å². The highest BCUT2D eigenvalue weighted by Gasteiger charge is 1.89. The van der Waals surface area contributed by atoms with E-state index in [1.807, 2.05) is 0 Å². The van der Waals surface area contributed by atoms with Crippen LogP contribution in [0.2, 0.25) is 0 Å². The van der Waals surface area contributed by atoms with Gasteiger partial charge in [0.15, 0.2) is 0 Å². The van der Waals surface area contributed by atoms with Crippen LogP contribution in [0.3, 0.4) is 0 Å². The minimum Gasteiger partial charge on any atom is -0.359 e. The Kier molecular flexibility index (Phi) is 12.9. The fraction of sp³-hybridized carbons (Fsp3) is 0.800. The molecule has 0 fully saturated rings. The lowest BCUT2D eigenvalue weighted by Gasteiger charge is -2.06. The molecule has 0 rings (SSSR count). The monoisotopic (exact) mass is 230 g/mol. The summed E-state index contributed by atoms with van der Waals surface area (Å²) in [6, 6.07) is 0. The summed E-state index contributed by atoms with van der Waals surface area (Å²) in [7, 11) is 0. The molecule has 0 saturated carbocycles. The third-order valence-electron chi connectivity index (χ3n) is 1.99. The third-order valence-corrected chi connectivity index (χ3v) is 1.99. The van der Waals surface area contributed by atoms with E-state index in [1.54, 1.807) is 0 Å². The fourth-order valence-electron chi connectivity index (χ4n) is 1.18. The molecule has 94 valence electrons. The van der Waals surface area contributed by atoms with E-state index in [9.17, 15) is 9.59 Å². The lowest BCUT2D eigenvalue weighted by molar-refractivity contribution is -0.110. The van der Waals surface area contributed by atoms with Gasteiger partial charge in [0.05, 0.1) is 0 Å². The van der Waals surface area contributed by atoms with Gasteiger partial charge in [-0.3, -0.25) is 9.59 Å². The summed E-state index contributed by atoms with van der Waals surface area (Å²) >= 11 is 0. The average Bonchev–Trinajstić information content (AvgIpc) is 2.31. The van der Waals surface area contributed by atoms with Crippen molar-refractivity contribution in [1.29, 1.82) is 0 Å². The van der Waals surface area contributed by atoms with Crippen molar-refractivity contribution < 1.29 is 9.59 Å². The van der Waals surface area contributed by atoms with Crippen LogP contribution in [0.1, 0.15) is 12.8 Å². The van der Waals surface area contributed by atoms with Crippen LogP contribution in [0, 0.1) is 0 Å². The Bertz CT molecular complexity index is 149. The predicted molar refractivity (Wildman–Crippen MR) is 63.1 cm³/mol. The third kappa shape index (κ3) is 12.9. The average molecular weight is 230 g/mol. The second kappa shape index (κ2) is 13.9. The number of amides is 2. The summed E-state index contributed by atoms with van der Waals surface area (Å²) in [5.41, 5.74) is 0. The summed E-state index contributed by atoms with van der Waals surface area (Å²) in [4.78, 5) is 19.8. The molecule has 0 aliphatic rings. The number of rotatable bonds is 13. The van der Waals surface area contributed by atoms with Crippen LogP contribution in [0.15, 0.2) is 0 Å². The molecule has 6 heteroatoms. The normalized spacial score (nSPS) is 9.75. The standard InChI is InChI=1S/C10H22N4O2/c15-9-13-5-1-3-11-7-8-12-4-2-6-14-10-16/h9-12H,1-8H2,(H,13,15)(H,14,16). The quantitative estimate of drug-likeness (QED) is 0.228. The first-order valence-electron chi connectivity index (χ1n) is 5.67. The SMILES string of the molecule is O=CNCCCNCCNCCCNC=O. The van der Waals surface area contributed by atoms with Gasteiger partial charge < -0.3 is 21.3 Å². The van der Waals surface area contributed by atoms with Gasteiger partial charge in [-0.25, -0.2) is 0 Å². The van der Waals surface area contributed by atoms with Gasteiger partial charge in [-0.15, -0.1) is 0 Å². The van der Waals surface area contributed by atoms with Gasteiger partial charge in [0, 0.05) is 26.2 Å². The molecule has 0 unspecified atom stereocenters. The van der Waals surface area contributed by atoms with Crippen molar-refractivity contribution >= 4 is 12.8 Å². The van der Waals surface area contributed by atoms with Gasteiger partial charge in [-0.2, -0.15) is 0 Å². The maximum absolute atomic E-state index is 9.92. The Morgan fingerprint density at radius 2 is 1.06 bits per heavy atom. The molecule has 0 aromatic carbocycles. The van der Waals surface area contributed by atoms with Crippen LogP contribution in [-0.2, 0) is 9.59 Å². The number of hydrogen-bond acceptors (Lipinski definition) is 4. The van der Waals surface area contributed by atoms with Crippen LogP contribution < -0.4 is 21.3 Å². The van der Waals surface area contributed by atoms with Gasteiger partial charge in [-0.05, 0) is 25.9 Å². The van der Waals surface area contributed by atoms with E-state index in [2.05, 4.69) is 21.3 Å². The lowest BCUT2D eigenvalue weighted by Crippen LogP contribution is -2.30. The van der Waals surface area contributed by atoms with Crippen molar-refractivity contribution in [3.05, 3.63) is 0 Å². The molecule has 0 radical (unpaired) electrons. The van der Waals surface area contributed by atoms with E-state index in [-0.39, 0.29) is 0 Å². The molecular weight excluding hydrogens is 208 g/mol. The zero-order chi connectivity index (χ0) is 11.9. The molecule has 2 amide bonds. The first-order valence-corrected chi connectivity index (χ1v) is 5.67. The second-order valence-electron chi connectivity index (χ2n) is 3.35. The highest BCUT2D eigenvalue weighted by atomic mass is 16.1. The van der Waals surface area contributed by atoms with Crippen LogP contribution in [-0.4, -0.2) is 52.1 Å². The summed E-state index contributed by atoms with van der Waals surface area (Å²) in [6.45, 7) is 5.11. The van der Waals surface area contributed by atoms with Crippen molar-refractivity contribution in [2.24, 2.45) is 0 Å². The van der Waals surface area contributed by atoms with Crippen molar-refractivity contribution in [3.63, 3.8) is 0 Å². The fourth-order valence-corrected chi connectivity index (χ4v) is 1.18. The molecule has 0 saturated heterocycles. The van der Waals surface area contributed by atoms with E-state index >= 15 is 0 Å². The minimum absolute atomic E-state index is 0.717. The van der Waals surface area contributed by atoms with Crippen molar-refractivity contribution in [3.8, 4) is 0 Å².